The number of nitrogens with zero attached hydrogens (tertiary/aromatic N) is 2. The molecule has 1 aliphatic rings. The van der Waals surface area contributed by atoms with Gasteiger partial charge in [-0.2, -0.15) is 0 Å². The lowest BCUT2D eigenvalue weighted by Gasteiger charge is -2.36. The maximum absolute atomic E-state index is 13.4. The summed E-state index contributed by atoms with van der Waals surface area (Å²) >= 11 is 0. The van der Waals surface area contributed by atoms with E-state index in [1.54, 1.807) is 36.4 Å². The SMILES string of the molecule is COc1cc(C(=O)Nc2ccccc2C(=O)N2CCN(c3ccccc3)CC2)cc(OC)c1OC. The summed E-state index contributed by atoms with van der Waals surface area (Å²) in [7, 11) is 4.48. The van der Waals surface area contributed by atoms with Gasteiger partial charge >= 0.3 is 0 Å². The predicted octanol–water partition coefficient (Wildman–Crippen LogP) is 3.93. The van der Waals surface area contributed by atoms with E-state index in [0.29, 0.717) is 47.2 Å². The highest BCUT2D eigenvalue weighted by atomic mass is 16.5. The van der Waals surface area contributed by atoms with Crippen molar-refractivity contribution in [2.45, 2.75) is 0 Å². The Balaban J connectivity index is 1.50. The van der Waals surface area contributed by atoms with Crippen molar-refractivity contribution in [2.24, 2.45) is 0 Å². The minimum Gasteiger partial charge on any atom is -0.493 e. The summed E-state index contributed by atoms with van der Waals surface area (Å²) in [5, 5.41) is 2.87. The van der Waals surface area contributed by atoms with E-state index < -0.39 is 5.91 Å². The average Bonchev–Trinajstić information content (AvgIpc) is 2.92. The molecule has 4 rings (SSSR count). The molecule has 35 heavy (non-hydrogen) atoms. The monoisotopic (exact) mass is 475 g/mol. The Morgan fingerprint density at radius 3 is 1.97 bits per heavy atom. The lowest BCUT2D eigenvalue weighted by molar-refractivity contribution is 0.0748. The fourth-order valence-corrected chi connectivity index (χ4v) is 4.16. The number of carbonyl (C=O) groups is 2. The van der Waals surface area contributed by atoms with Crippen LogP contribution in [0.25, 0.3) is 0 Å². The summed E-state index contributed by atoms with van der Waals surface area (Å²) in [5.41, 5.74) is 2.36. The summed E-state index contributed by atoms with van der Waals surface area (Å²) in [6, 6.07) is 20.4. The van der Waals surface area contributed by atoms with Crippen molar-refractivity contribution in [3.63, 3.8) is 0 Å². The first-order chi connectivity index (χ1) is 17.0. The highest BCUT2D eigenvalue weighted by Crippen LogP contribution is 2.38. The minimum atomic E-state index is -0.390. The molecule has 3 aromatic rings. The topological polar surface area (TPSA) is 80.3 Å². The van der Waals surface area contributed by atoms with E-state index in [2.05, 4.69) is 22.3 Å². The number of carbonyl (C=O) groups excluding carboxylic acids is 2. The van der Waals surface area contributed by atoms with Gasteiger partial charge in [-0.15, -0.1) is 0 Å². The number of methoxy groups -OCH3 is 3. The zero-order valence-electron chi connectivity index (χ0n) is 20.1. The second-order valence-corrected chi connectivity index (χ2v) is 8.03. The Morgan fingerprint density at radius 1 is 0.771 bits per heavy atom. The van der Waals surface area contributed by atoms with Gasteiger partial charge in [-0.25, -0.2) is 0 Å². The van der Waals surface area contributed by atoms with Crippen LogP contribution in [-0.4, -0.2) is 64.2 Å². The average molecular weight is 476 g/mol. The van der Waals surface area contributed by atoms with Crippen LogP contribution in [0.2, 0.25) is 0 Å². The number of anilines is 2. The van der Waals surface area contributed by atoms with Crippen LogP contribution in [0.15, 0.2) is 66.7 Å². The van der Waals surface area contributed by atoms with Gasteiger partial charge in [0.2, 0.25) is 5.75 Å². The number of hydrogen-bond donors (Lipinski definition) is 1. The molecule has 8 heteroatoms. The van der Waals surface area contributed by atoms with Gasteiger partial charge in [-0.1, -0.05) is 30.3 Å². The van der Waals surface area contributed by atoms with Crippen molar-refractivity contribution in [2.75, 3.05) is 57.7 Å². The maximum atomic E-state index is 13.4. The van der Waals surface area contributed by atoms with Crippen molar-refractivity contribution in [3.8, 4) is 17.2 Å². The fraction of sp³-hybridized carbons (Fsp3) is 0.259. The number of rotatable bonds is 7. The summed E-state index contributed by atoms with van der Waals surface area (Å²) in [5.74, 6) is 0.643. The molecule has 0 unspecified atom stereocenters. The first-order valence-electron chi connectivity index (χ1n) is 11.4. The highest BCUT2D eigenvalue weighted by molar-refractivity contribution is 6.09. The zero-order chi connectivity index (χ0) is 24.8. The Hall–Kier alpha value is -4.20. The first kappa shape index (κ1) is 23.9. The standard InChI is InChI=1S/C27H29N3O5/c1-33-23-17-19(18-24(34-2)25(23)35-3)26(31)28-22-12-8-7-11-21(22)27(32)30-15-13-29(14-16-30)20-9-5-4-6-10-20/h4-12,17-18H,13-16H2,1-3H3,(H,28,31). The van der Waals surface area contributed by atoms with E-state index in [4.69, 9.17) is 14.2 Å². The number of ether oxygens (including phenoxy) is 3. The second-order valence-electron chi connectivity index (χ2n) is 8.03. The molecule has 3 aromatic carbocycles. The molecule has 182 valence electrons. The Bertz CT molecular complexity index is 1170. The number of benzene rings is 3. The Kier molecular flexibility index (Phi) is 7.40. The zero-order valence-corrected chi connectivity index (χ0v) is 20.1. The number of para-hydroxylation sites is 2. The summed E-state index contributed by atoms with van der Waals surface area (Å²) in [4.78, 5) is 30.6. The van der Waals surface area contributed by atoms with Gasteiger partial charge in [-0.05, 0) is 36.4 Å². The quantitative estimate of drug-likeness (QED) is 0.558. The smallest absolute Gasteiger partial charge is 0.256 e. The Labute approximate surface area is 205 Å². The van der Waals surface area contributed by atoms with Crippen LogP contribution in [0.1, 0.15) is 20.7 Å². The molecule has 1 aliphatic heterocycles. The normalized spacial score (nSPS) is 13.2. The second kappa shape index (κ2) is 10.8. The number of amides is 2. The van der Waals surface area contributed by atoms with Crippen molar-refractivity contribution in [1.29, 1.82) is 0 Å². The molecule has 0 spiro atoms. The third kappa shape index (κ3) is 5.16. The van der Waals surface area contributed by atoms with Gasteiger partial charge in [0.15, 0.2) is 11.5 Å². The van der Waals surface area contributed by atoms with E-state index in [0.717, 1.165) is 18.8 Å². The van der Waals surface area contributed by atoms with Crippen LogP contribution < -0.4 is 24.4 Å². The molecule has 0 aliphatic carbocycles. The van der Waals surface area contributed by atoms with E-state index in [1.807, 2.05) is 23.1 Å². The van der Waals surface area contributed by atoms with Gasteiger partial charge < -0.3 is 29.3 Å². The molecule has 0 saturated carbocycles. The van der Waals surface area contributed by atoms with E-state index >= 15 is 0 Å². The molecule has 1 fully saturated rings. The molecule has 0 aromatic heterocycles. The molecule has 1 heterocycles. The highest BCUT2D eigenvalue weighted by Gasteiger charge is 2.25. The molecule has 2 amide bonds. The summed E-state index contributed by atoms with van der Waals surface area (Å²) in [6.07, 6.45) is 0. The summed E-state index contributed by atoms with van der Waals surface area (Å²) < 4.78 is 16.0. The van der Waals surface area contributed by atoms with Crippen molar-refractivity contribution >= 4 is 23.2 Å². The molecule has 0 radical (unpaired) electrons. The van der Waals surface area contributed by atoms with E-state index in [1.165, 1.54) is 21.3 Å². The van der Waals surface area contributed by atoms with Crippen LogP contribution >= 0.6 is 0 Å². The van der Waals surface area contributed by atoms with Gasteiger partial charge in [-0.3, -0.25) is 9.59 Å². The third-order valence-electron chi connectivity index (χ3n) is 6.02. The lowest BCUT2D eigenvalue weighted by atomic mass is 10.1. The van der Waals surface area contributed by atoms with E-state index in [9.17, 15) is 9.59 Å². The van der Waals surface area contributed by atoms with Crippen molar-refractivity contribution in [1.82, 2.24) is 4.90 Å². The predicted molar refractivity (Wildman–Crippen MR) is 135 cm³/mol. The van der Waals surface area contributed by atoms with Crippen molar-refractivity contribution in [3.05, 3.63) is 77.9 Å². The third-order valence-corrected chi connectivity index (χ3v) is 6.02. The first-order valence-corrected chi connectivity index (χ1v) is 11.4. The molecule has 1 saturated heterocycles. The lowest BCUT2D eigenvalue weighted by Crippen LogP contribution is -2.48. The molecule has 1 N–H and O–H groups in total. The van der Waals surface area contributed by atoms with Crippen molar-refractivity contribution < 1.29 is 23.8 Å². The largest absolute Gasteiger partial charge is 0.493 e. The van der Waals surface area contributed by atoms with Crippen LogP contribution in [0, 0.1) is 0 Å². The maximum Gasteiger partial charge on any atom is 0.256 e. The summed E-state index contributed by atoms with van der Waals surface area (Å²) in [6.45, 7) is 2.69. The Morgan fingerprint density at radius 2 is 1.37 bits per heavy atom. The van der Waals surface area contributed by atoms with Gasteiger partial charge in [0.25, 0.3) is 11.8 Å². The molecule has 0 atom stereocenters. The van der Waals surface area contributed by atoms with Crippen LogP contribution in [0.5, 0.6) is 17.2 Å². The van der Waals surface area contributed by atoms with Crippen LogP contribution in [0.4, 0.5) is 11.4 Å². The molecular formula is C27H29N3O5. The van der Waals surface area contributed by atoms with Gasteiger partial charge in [0.05, 0.1) is 32.6 Å². The fourth-order valence-electron chi connectivity index (χ4n) is 4.16. The minimum absolute atomic E-state index is 0.112. The molecule has 0 bridgehead atoms. The number of nitrogens with one attached hydrogen (secondary N) is 1. The number of hydrogen-bond acceptors (Lipinski definition) is 6. The molecular weight excluding hydrogens is 446 g/mol. The number of piperazine rings is 1. The van der Waals surface area contributed by atoms with Crippen LogP contribution in [-0.2, 0) is 0 Å². The molecule has 8 nitrogen and oxygen atoms in total. The van der Waals surface area contributed by atoms with Crippen LogP contribution in [0.3, 0.4) is 0 Å². The van der Waals surface area contributed by atoms with Gasteiger partial charge in [0.1, 0.15) is 0 Å². The van der Waals surface area contributed by atoms with E-state index in [-0.39, 0.29) is 5.91 Å². The van der Waals surface area contributed by atoms with Gasteiger partial charge in [0, 0.05) is 37.4 Å².